The van der Waals surface area contributed by atoms with Crippen LogP contribution in [0.1, 0.15) is 71.1 Å². The van der Waals surface area contributed by atoms with Crippen molar-refractivity contribution in [3.8, 4) is 0 Å². The molecule has 0 aromatic heterocycles. The van der Waals surface area contributed by atoms with E-state index >= 15 is 0 Å². The number of carbonyl (C=O) groups excluding carboxylic acids is 10. The lowest BCUT2D eigenvalue weighted by atomic mass is 10.1. The highest BCUT2D eigenvalue weighted by Gasteiger charge is 2.40. The lowest BCUT2D eigenvalue weighted by molar-refractivity contribution is -0.145. The van der Waals surface area contributed by atoms with E-state index < -0.39 is 171 Å². The number of nitrogens with one attached hydrogen (secondary N) is 7. The lowest BCUT2D eigenvalue weighted by Crippen LogP contribution is -2.59. The second-order valence-electron chi connectivity index (χ2n) is 16.1. The number of hydrogen-bond donors (Lipinski definition) is 15. The maximum atomic E-state index is 13.7. The number of guanidine groups is 1. The van der Waals surface area contributed by atoms with Gasteiger partial charge in [0.05, 0.1) is 32.5 Å². The minimum atomic E-state index is -1.93. The molecular weight excluding hydrogens is 937 g/mol. The first kappa shape index (κ1) is 58.4. The predicted molar refractivity (Wildman–Crippen MR) is 236 cm³/mol. The molecule has 0 aliphatic carbocycles. The van der Waals surface area contributed by atoms with Gasteiger partial charge in [0, 0.05) is 26.1 Å². The number of hydrogen-bond acceptors (Lipinski definition) is 16. The van der Waals surface area contributed by atoms with Gasteiger partial charge in [-0.1, -0.05) is 0 Å². The van der Waals surface area contributed by atoms with Crippen LogP contribution in [0.15, 0.2) is 4.99 Å². The summed E-state index contributed by atoms with van der Waals surface area (Å²) in [5.74, 6) is -14.9. The summed E-state index contributed by atoms with van der Waals surface area (Å²) in [6.45, 7) is -1.17. The molecule has 2 rings (SSSR count). The highest BCUT2D eigenvalue weighted by molar-refractivity contribution is 5.99. The van der Waals surface area contributed by atoms with E-state index in [-0.39, 0.29) is 51.3 Å². The Hall–Kier alpha value is -7.70. The molecule has 0 radical (unpaired) electrons. The summed E-state index contributed by atoms with van der Waals surface area (Å²) in [5.41, 5.74) is 21.5. The normalized spacial score (nSPS) is 17.7. The predicted octanol–water partition coefficient (Wildman–Crippen LogP) is -8.68. The molecule has 10 amide bonds. The van der Waals surface area contributed by atoms with Crippen molar-refractivity contribution in [2.75, 3.05) is 39.3 Å². The molecule has 2 fully saturated rings. The Morgan fingerprint density at radius 3 is 1.71 bits per heavy atom. The number of carboxylic acid groups (broad SMARTS) is 3. The van der Waals surface area contributed by atoms with Crippen molar-refractivity contribution in [3.63, 3.8) is 0 Å². The van der Waals surface area contributed by atoms with E-state index in [4.69, 9.17) is 28.0 Å². The maximum absolute atomic E-state index is 13.7. The molecule has 8 atom stereocenters. The topological polar surface area (TPSA) is 510 Å². The summed E-state index contributed by atoms with van der Waals surface area (Å²) in [4.78, 5) is 171. The second-order valence-corrected chi connectivity index (χ2v) is 16.1. The van der Waals surface area contributed by atoms with Crippen molar-refractivity contribution in [1.82, 2.24) is 47.0 Å². The van der Waals surface area contributed by atoms with Gasteiger partial charge in [-0.05, 0) is 51.9 Å². The van der Waals surface area contributed by atoms with Crippen LogP contribution in [0.25, 0.3) is 0 Å². The van der Waals surface area contributed by atoms with E-state index in [0.717, 1.165) is 4.90 Å². The zero-order valence-corrected chi connectivity index (χ0v) is 38.2. The monoisotopic (exact) mass is 998 g/mol. The molecule has 0 bridgehead atoms. The number of carbonyl (C=O) groups is 13. The lowest BCUT2D eigenvalue weighted by Gasteiger charge is -2.29. The van der Waals surface area contributed by atoms with Crippen molar-refractivity contribution in [1.29, 1.82) is 0 Å². The number of amides is 10. The number of aliphatic hydroxyl groups excluding tert-OH is 1. The van der Waals surface area contributed by atoms with E-state index in [1.807, 2.05) is 0 Å². The quantitative estimate of drug-likeness (QED) is 0.0188. The molecule has 2 aliphatic heterocycles. The molecule has 31 heteroatoms. The van der Waals surface area contributed by atoms with Crippen LogP contribution in [0.2, 0.25) is 0 Å². The third-order valence-corrected chi connectivity index (χ3v) is 10.8. The number of carboxylic acids is 3. The summed E-state index contributed by atoms with van der Waals surface area (Å²) in [6.07, 6.45) is -2.40. The molecule has 0 saturated carbocycles. The summed E-state index contributed by atoms with van der Waals surface area (Å²) < 4.78 is 0. The molecule has 0 aromatic rings. The molecule has 2 aliphatic rings. The SMILES string of the molecule is C[C@H](NC(=O)[C@@H]1CCCN1C(=O)[C@H](CO)NC(=O)[C@H](CC(=O)O)NC(=O)CNC(=O)[C@H](CCCN=C(N)N)NC(=O)[C@@H](CC(N)=O)NC(=O)[C@@H](CCC(=O)O)NC(=O)[C@@H]1CCCN1C(=O)CN)C(=O)O. The smallest absolute Gasteiger partial charge is 0.325 e. The number of likely N-dealkylation sites (tertiary alicyclic amines) is 2. The number of aliphatic hydroxyl groups is 1. The zero-order valence-electron chi connectivity index (χ0n) is 38.2. The Kier molecular flexibility index (Phi) is 23.9. The van der Waals surface area contributed by atoms with Crippen LogP contribution < -0.4 is 60.2 Å². The Labute approximate surface area is 398 Å². The number of nitrogens with two attached hydrogens (primary N) is 4. The van der Waals surface area contributed by atoms with Crippen LogP contribution in [0.3, 0.4) is 0 Å². The van der Waals surface area contributed by atoms with Gasteiger partial charge in [-0.15, -0.1) is 0 Å². The molecule has 70 heavy (non-hydrogen) atoms. The Balaban J connectivity index is 2.24. The molecule has 31 nitrogen and oxygen atoms in total. The largest absolute Gasteiger partial charge is 0.481 e. The summed E-state index contributed by atoms with van der Waals surface area (Å²) in [6, 6.07) is -12.3. The first-order valence-electron chi connectivity index (χ1n) is 21.9. The fourth-order valence-electron chi connectivity index (χ4n) is 7.24. The number of aliphatic imine (C=N–C) groups is 1. The van der Waals surface area contributed by atoms with Crippen molar-refractivity contribution >= 4 is 82.9 Å². The fraction of sp³-hybridized carbons (Fsp3) is 0.641. The first-order valence-corrected chi connectivity index (χ1v) is 21.9. The molecule has 2 saturated heterocycles. The Bertz CT molecular complexity index is 2020. The molecule has 2 heterocycles. The van der Waals surface area contributed by atoms with Crippen LogP contribution in [0.5, 0.6) is 0 Å². The molecule has 0 unspecified atom stereocenters. The van der Waals surface area contributed by atoms with Crippen LogP contribution in [0, 0.1) is 0 Å². The summed E-state index contributed by atoms with van der Waals surface area (Å²) >= 11 is 0. The zero-order chi connectivity index (χ0) is 52.8. The number of primary amides is 1. The average Bonchev–Trinajstić information content (AvgIpc) is 3.99. The van der Waals surface area contributed by atoms with E-state index in [2.05, 4.69) is 42.2 Å². The molecule has 0 spiro atoms. The van der Waals surface area contributed by atoms with Gasteiger partial charge in [0.1, 0.15) is 48.3 Å². The molecule has 19 N–H and O–H groups in total. The van der Waals surface area contributed by atoms with Crippen molar-refractivity contribution in [2.45, 2.75) is 119 Å². The Morgan fingerprint density at radius 1 is 0.643 bits per heavy atom. The van der Waals surface area contributed by atoms with Gasteiger partial charge >= 0.3 is 17.9 Å². The number of aliphatic carboxylic acids is 3. The van der Waals surface area contributed by atoms with Crippen LogP contribution >= 0.6 is 0 Å². The standard InChI is InChI=1S/C39H62N14O17/c1-18(38(69)70)46-35(66)25-7-4-12-53(25)37(68)23(17-54)51-34(65)22(14-30(60)61)47-27(56)16-45-31(62)19(5-2-10-44-39(42)43)48-33(64)21(13-26(41)55)50-32(63)20(8-9-29(58)59)49-36(67)24-6-3-11-52(24)28(57)15-40/h18-25,54H,2-17,40H2,1H3,(H2,41,55)(H,45,62)(H,46,66)(H,47,56)(H,48,64)(H,49,67)(H,50,63)(H,51,65)(H,58,59)(H,60,61)(H,69,70)(H4,42,43,44)/t18-,19-,20+,21+,22-,23-,24-,25-/m0/s1. The van der Waals surface area contributed by atoms with Crippen molar-refractivity contribution < 1.29 is 82.8 Å². The van der Waals surface area contributed by atoms with Gasteiger partial charge in [0.2, 0.25) is 59.1 Å². The van der Waals surface area contributed by atoms with Gasteiger partial charge in [-0.3, -0.25) is 67.3 Å². The third-order valence-electron chi connectivity index (χ3n) is 10.8. The van der Waals surface area contributed by atoms with Gasteiger partial charge in [0.15, 0.2) is 5.96 Å². The second kappa shape index (κ2) is 28.6. The average molecular weight is 999 g/mol. The van der Waals surface area contributed by atoms with Crippen LogP contribution in [-0.4, -0.2) is 201 Å². The number of nitrogens with zero attached hydrogens (tertiary/aromatic N) is 3. The maximum Gasteiger partial charge on any atom is 0.325 e. The van der Waals surface area contributed by atoms with Crippen molar-refractivity contribution in [2.24, 2.45) is 27.9 Å². The Morgan fingerprint density at radius 2 is 1.17 bits per heavy atom. The van der Waals surface area contributed by atoms with Gasteiger partial charge in [-0.2, -0.15) is 0 Å². The van der Waals surface area contributed by atoms with E-state index in [1.54, 1.807) is 0 Å². The first-order chi connectivity index (χ1) is 32.9. The van der Waals surface area contributed by atoms with Gasteiger partial charge in [-0.25, -0.2) is 0 Å². The fourth-order valence-corrected chi connectivity index (χ4v) is 7.24. The van der Waals surface area contributed by atoms with E-state index in [9.17, 15) is 77.6 Å². The van der Waals surface area contributed by atoms with Crippen molar-refractivity contribution in [3.05, 3.63) is 0 Å². The molecule has 390 valence electrons. The number of rotatable bonds is 29. The molecule has 0 aromatic carbocycles. The minimum Gasteiger partial charge on any atom is -0.481 e. The third kappa shape index (κ3) is 19.1. The van der Waals surface area contributed by atoms with Crippen LogP contribution in [0.4, 0.5) is 0 Å². The van der Waals surface area contributed by atoms with Crippen LogP contribution in [-0.2, 0) is 62.3 Å². The minimum absolute atomic E-state index is 0.0145. The highest BCUT2D eigenvalue weighted by Crippen LogP contribution is 2.20. The van der Waals surface area contributed by atoms with E-state index in [0.29, 0.717) is 12.8 Å². The molecular formula is C39H62N14O17. The van der Waals surface area contributed by atoms with E-state index in [1.165, 1.54) is 11.8 Å². The summed E-state index contributed by atoms with van der Waals surface area (Å²) in [5, 5.41) is 53.5. The summed E-state index contributed by atoms with van der Waals surface area (Å²) in [7, 11) is 0. The van der Waals surface area contributed by atoms with Gasteiger partial charge < -0.3 is 90.4 Å². The highest BCUT2D eigenvalue weighted by atomic mass is 16.4. The van der Waals surface area contributed by atoms with Gasteiger partial charge in [0.25, 0.3) is 0 Å².